The van der Waals surface area contributed by atoms with E-state index in [1.165, 1.54) is 6.07 Å². The predicted molar refractivity (Wildman–Crippen MR) is 55.5 cm³/mol. The van der Waals surface area contributed by atoms with Crippen LogP contribution in [0.1, 0.15) is 0 Å². The van der Waals surface area contributed by atoms with Gasteiger partial charge in [0.1, 0.15) is 5.52 Å². The van der Waals surface area contributed by atoms with E-state index in [2.05, 4.69) is 4.98 Å². The number of fused-ring (bicyclic) bond motifs is 1. The molecule has 0 saturated carbocycles. The van der Waals surface area contributed by atoms with Crippen LogP contribution >= 0.6 is 24.1 Å². The van der Waals surface area contributed by atoms with Crippen molar-refractivity contribution in [3.05, 3.63) is 23.8 Å². The standard InChI is InChI=1S/C8H5F3N2S2/c1-14-8-12-5-3-2-4(9)6(10)7(5)13(8)15-11/h2-3H,1H3. The predicted octanol–water partition coefficient (Wildman–Crippen LogP) is 3.42. The number of thioether (sulfide) groups is 1. The summed E-state index contributed by atoms with van der Waals surface area (Å²) in [7, 11) is 0. The summed E-state index contributed by atoms with van der Waals surface area (Å²) in [6.45, 7) is 0. The zero-order valence-electron chi connectivity index (χ0n) is 7.50. The number of nitrogens with zero attached hydrogens (tertiary/aromatic N) is 2. The zero-order valence-corrected chi connectivity index (χ0v) is 9.13. The van der Waals surface area contributed by atoms with Gasteiger partial charge in [-0.25, -0.2) is 17.7 Å². The van der Waals surface area contributed by atoms with E-state index in [0.717, 1.165) is 21.8 Å². The molecule has 2 rings (SSSR count). The Morgan fingerprint density at radius 3 is 2.67 bits per heavy atom. The van der Waals surface area contributed by atoms with Crippen LogP contribution in [0, 0.1) is 11.6 Å². The highest BCUT2D eigenvalue weighted by atomic mass is 32.2. The van der Waals surface area contributed by atoms with Crippen molar-refractivity contribution in [2.45, 2.75) is 5.16 Å². The van der Waals surface area contributed by atoms with Crippen LogP contribution in [0.2, 0.25) is 0 Å². The average Bonchev–Trinajstić information content (AvgIpc) is 2.61. The van der Waals surface area contributed by atoms with Gasteiger partial charge in [-0.3, -0.25) is 0 Å². The molecule has 1 heterocycles. The van der Waals surface area contributed by atoms with Gasteiger partial charge in [0.2, 0.25) is 0 Å². The Bertz CT molecular complexity index is 512. The Kier molecular flexibility index (Phi) is 2.83. The van der Waals surface area contributed by atoms with Gasteiger partial charge < -0.3 is 0 Å². The molecule has 0 atom stereocenters. The average molecular weight is 250 g/mol. The second-order valence-electron chi connectivity index (χ2n) is 2.69. The summed E-state index contributed by atoms with van der Waals surface area (Å²) in [6, 6.07) is 2.29. The fourth-order valence-electron chi connectivity index (χ4n) is 1.25. The summed E-state index contributed by atoms with van der Waals surface area (Å²) >= 11 is 0.968. The molecule has 2 nitrogen and oxygen atoms in total. The van der Waals surface area contributed by atoms with Gasteiger partial charge in [-0.1, -0.05) is 11.8 Å². The molecule has 1 aromatic heterocycles. The lowest BCUT2D eigenvalue weighted by molar-refractivity contribution is 0.515. The molecular weight excluding hydrogens is 245 g/mol. The quantitative estimate of drug-likeness (QED) is 0.761. The van der Waals surface area contributed by atoms with Gasteiger partial charge in [-0.2, -0.15) is 0 Å². The van der Waals surface area contributed by atoms with Crippen LogP contribution in [0.3, 0.4) is 0 Å². The van der Waals surface area contributed by atoms with Gasteiger partial charge in [-0.05, 0) is 18.4 Å². The number of benzene rings is 1. The first kappa shape index (κ1) is 10.7. The largest absolute Gasteiger partial charge is 0.229 e. The Morgan fingerprint density at radius 2 is 2.07 bits per heavy atom. The molecule has 15 heavy (non-hydrogen) atoms. The molecule has 0 spiro atoms. The molecule has 0 amide bonds. The third-order valence-corrected chi connectivity index (χ3v) is 3.14. The summed E-state index contributed by atoms with van der Waals surface area (Å²) in [5, 5.41) is 0.294. The van der Waals surface area contributed by atoms with Crippen molar-refractivity contribution in [3.8, 4) is 0 Å². The lowest BCUT2D eigenvalue weighted by Crippen LogP contribution is -1.91. The van der Waals surface area contributed by atoms with Gasteiger partial charge in [0, 0.05) is 0 Å². The van der Waals surface area contributed by atoms with Crippen molar-refractivity contribution in [1.82, 2.24) is 8.96 Å². The minimum absolute atomic E-state index is 0.160. The Balaban J connectivity index is 2.85. The number of aromatic nitrogens is 2. The molecule has 7 heteroatoms. The van der Waals surface area contributed by atoms with Crippen LogP contribution in [0.15, 0.2) is 17.3 Å². The van der Waals surface area contributed by atoms with Crippen molar-refractivity contribution in [2.24, 2.45) is 0 Å². The van der Waals surface area contributed by atoms with E-state index in [0.29, 0.717) is 5.16 Å². The summed E-state index contributed by atoms with van der Waals surface area (Å²) < 4.78 is 39.8. The molecular formula is C8H5F3N2S2. The first-order chi connectivity index (χ1) is 7.19. The van der Waals surface area contributed by atoms with Crippen LogP contribution in [0.5, 0.6) is 0 Å². The van der Waals surface area contributed by atoms with Gasteiger partial charge in [-0.15, -0.1) is 3.89 Å². The third kappa shape index (κ3) is 1.59. The van der Waals surface area contributed by atoms with E-state index in [1.807, 2.05) is 0 Å². The molecule has 0 aliphatic carbocycles. The second-order valence-corrected chi connectivity index (χ2v) is 3.97. The van der Waals surface area contributed by atoms with Gasteiger partial charge in [0.25, 0.3) is 0 Å². The smallest absolute Gasteiger partial charge is 0.185 e. The first-order valence-corrected chi connectivity index (χ1v) is 5.78. The fourth-order valence-corrected chi connectivity index (χ4v) is 2.35. The molecule has 0 saturated heterocycles. The maximum atomic E-state index is 13.4. The minimum Gasteiger partial charge on any atom is -0.229 e. The fraction of sp³-hybridized carbons (Fsp3) is 0.125. The highest BCUT2D eigenvalue weighted by Crippen LogP contribution is 2.30. The number of hydrogen-bond donors (Lipinski definition) is 0. The normalized spacial score (nSPS) is 11.2. The number of halogens is 3. The maximum absolute atomic E-state index is 13.4. The SMILES string of the molecule is CSc1nc2ccc(F)c(F)c2n1SF. The van der Waals surface area contributed by atoms with Crippen LogP contribution in [-0.2, 0) is 0 Å². The maximum Gasteiger partial charge on any atom is 0.185 e. The van der Waals surface area contributed by atoms with Crippen LogP contribution < -0.4 is 0 Å². The molecule has 2 aromatic rings. The van der Waals surface area contributed by atoms with Gasteiger partial charge >= 0.3 is 0 Å². The topological polar surface area (TPSA) is 17.8 Å². The third-order valence-electron chi connectivity index (χ3n) is 1.89. The summed E-state index contributed by atoms with van der Waals surface area (Å²) in [6.07, 6.45) is 1.68. The van der Waals surface area contributed by atoms with Crippen molar-refractivity contribution >= 4 is 35.1 Å². The molecule has 80 valence electrons. The van der Waals surface area contributed by atoms with E-state index < -0.39 is 11.6 Å². The Labute approximate surface area is 92.3 Å². The van der Waals surface area contributed by atoms with E-state index >= 15 is 0 Å². The van der Waals surface area contributed by atoms with Crippen molar-refractivity contribution in [1.29, 1.82) is 0 Å². The first-order valence-electron chi connectivity index (χ1n) is 3.88. The number of rotatable bonds is 2. The Morgan fingerprint density at radius 1 is 1.33 bits per heavy atom. The molecule has 0 fully saturated rings. The van der Waals surface area contributed by atoms with E-state index in [9.17, 15) is 12.7 Å². The molecule has 0 N–H and O–H groups in total. The lowest BCUT2D eigenvalue weighted by atomic mass is 10.3. The molecule has 0 radical (unpaired) electrons. The van der Waals surface area contributed by atoms with Crippen LogP contribution in [0.4, 0.5) is 12.7 Å². The van der Waals surface area contributed by atoms with Crippen molar-refractivity contribution in [3.63, 3.8) is 0 Å². The molecule has 0 aliphatic heterocycles. The van der Waals surface area contributed by atoms with E-state index in [4.69, 9.17) is 0 Å². The van der Waals surface area contributed by atoms with Crippen LogP contribution in [-0.4, -0.2) is 15.2 Å². The number of imidazole rings is 1. The van der Waals surface area contributed by atoms with Gasteiger partial charge in [0.05, 0.1) is 5.52 Å². The number of hydrogen-bond acceptors (Lipinski definition) is 3. The summed E-state index contributed by atoms with van der Waals surface area (Å²) in [5.41, 5.74) is 0.0789. The van der Waals surface area contributed by atoms with Crippen LogP contribution in [0.25, 0.3) is 11.0 Å². The molecule has 0 unspecified atom stereocenters. The highest BCUT2D eigenvalue weighted by molar-refractivity contribution is 7.99. The molecule has 0 aliphatic rings. The van der Waals surface area contributed by atoms with Crippen molar-refractivity contribution in [2.75, 3.05) is 6.26 Å². The van der Waals surface area contributed by atoms with Gasteiger partial charge in [0.15, 0.2) is 29.1 Å². The zero-order chi connectivity index (χ0) is 11.0. The lowest BCUT2D eigenvalue weighted by Gasteiger charge is -1.99. The Hall–Kier alpha value is -0.820. The van der Waals surface area contributed by atoms with Crippen molar-refractivity contribution < 1.29 is 12.7 Å². The monoisotopic (exact) mass is 250 g/mol. The molecule has 0 bridgehead atoms. The minimum atomic E-state index is -1.08. The summed E-state index contributed by atoms with van der Waals surface area (Å²) in [5.74, 6) is -2.09. The van der Waals surface area contributed by atoms with E-state index in [1.54, 1.807) is 6.26 Å². The summed E-state index contributed by atoms with van der Waals surface area (Å²) in [4.78, 5) is 3.96. The molecule has 1 aromatic carbocycles. The second kappa shape index (κ2) is 3.97. The highest BCUT2D eigenvalue weighted by Gasteiger charge is 2.17. The van der Waals surface area contributed by atoms with E-state index in [-0.39, 0.29) is 23.4 Å².